The number of carbonyl (C=O) groups is 1. The maximum Gasteiger partial charge on any atom is 0.322 e. The van der Waals surface area contributed by atoms with E-state index in [2.05, 4.69) is 4.74 Å². The van der Waals surface area contributed by atoms with Crippen molar-refractivity contribution < 1.29 is 19.0 Å². The van der Waals surface area contributed by atoms with Gasteiger partial charge in [0.25, 0.3) is 0 Å². The quantitative estimate of drug-likeness (QED) is 0.784. The van der Waals surface area contributed by atoms with E-state index in [-0.39, 0.29) is 30.1 Å². The van der Waals surface area contributed by atoms with Gasteiger partial charge in [0, 0.05) is 12.5 Å². The zero-order valence-corrected chi connectivity index (χ0v) is 9.46. The minimum Gasteiger partial charge on any atom is -0.508 e. The van der Waals surface area contributed by atoms with Crippen LogP contribution in [0.1, 0.15) is 5.56 Å². The van der Waals surface area contributed by atoms with Gasteiger partial charge in [0.2, 0.25) is 0 Å². The number of aromatic hydroxyl groups is 1. The highest BCUT2D eigenvalue weighted by Gasteiger charge is 2.16. The van der Waals surface area contributed by atoms with E-state index in [0.29, 0.717) is 0 Å². The highest BCUT2D eigenvalue weighted by Crippen LogP contribution is 2.16. The van der Waals surface area contributed by atoms with Crippen LogP contribution in [0.3, 0.4) is 0 Å². The average molecular weight is 250 g/mol. The number of methoxy groups -OCH3 is 1. The number of benzene rings is 1. The highest BCUT2D eigenvalue weighted by molar-refractivity contribution is 5.85. The highest BCUT2D eigenvalue weighted by atomic mass is 35.5. The molecule has 0 aliphatic carbocycles. The summed E-state index contributed by atoms with van der Waals surface area (Å²) in [6.07, 6.45) is 0.0405. The van der Waals surface area contributed by atoms with Crippen molar-refractivity contribution in [3.05, 3.63) is 29.6 Å². The topological polar surface area (TPSA) is 72.5 Å². The molecule has 1 aromatic carbocycles. The van der Waals surface area contributed by atoms with E-state index in [4.69, 9.17) is 10.8 Å². The Balaban J connectivity index is 0.00000225. The van der Waals surface area contributed by atoms with Gasteiger partial charge in [0.1, 0.15) is 17.6 Å². The van der Waals surface area contributed by atoms with E-state index in [1.807, 2.05) is 0 Å². The standard InChI is InChI=1S/C10H12FNO3.ClH/c1-15-10(14)9(12)4-6-2-3-7(13)5-8(6)11;/h2-3,5,9,13H,4,12H2,1H3;1H/t9-;/m1./s1. The number of carbonyl (C=O) groups excluding carboxylic acids is 1. The summed E-state index contributed by atoms with van der Waals surface area (Å²) in [5.74, 6) is -1.35. The van der Waals surface area contributed by atoms with Gasteiger partial charge in [0.15, 0.2) is 0 Å². The molecule has 0 saturated heterocycles. The summed E-state index contributed by atoms with van der Waals surface area (Å²) in [6.45, 7) is 0. The Morgan fingerprint density at radius 2 is 2.25 bits per heavy atom. The summed E-state index contributed by atoms with van der Waals surface area (Å²) < 4.78 is 17.6. The molecule has 16 heavy (non-hydrogen) atoms. The fraction of sp³-hybridized carbons (Fsp3) is 0.300. The van der Waals surface area contributed by atoms with Crippen LogP contribution >= 0.6 is 12.4 Å². The summed E-state index contributed by atoms with van der Waals surface area (Å²) in [4.78, 5) is 11.0. The van der Waals surface area contributed by atoms with Gasteiger partial charge in [-0.2, -0.15) is 0 Å². The molecule has 3 N–H and O–H groups in total. The van der Waals surface area contributed by atoms with E-state index in [9.17, 15) is 9.18 Å². The van der Waals surface area contributed by atoms with Gasteiger partial charge in [-0.1, -0.05) is 6.07 Å². The van der Waals surface area contributed by atoms with E-state index in [0.717, 1.165) is 6.07 Å². The summed E-state index contributed by atoms with van der Waals surface area (Å²) in [7, 11) is 1.22. The molecule has 1 aromatic rings. The van der Waals surface area contributed by atoms with Gasteiger partial charge in [0.05, 0.1) is 7.11 Å². The lowest BCUT2D eigenvalue weighted by Crippen LogP contribution is -2.33. The minimum absolute atomic E-state index is 0. The van der Waals surface area contributed by atoms with Crippen LogP contribution in [-0.4, -0.2) is 24.2 Å². The third kappa shape index (κ3) is 3.67. The molecule has 90 valence electrons. The molecule has 0 aromatic heterocycles. The third-order valence-corrected chi connectivity index (χ3v) is 1.98. The van der Waals surface area contributed by atoms with Crippen molar-refractivity contribution in [2.24, 2.45) is 5.73 Å². The van der Waals surface area contributed by atoms with Crippen LogP contribution in [-0.2, 0) is 16.0 Å². The number of rotatable bonds is 3. The lowest BCUT2D eigenvalue weighted by atomic mass is 10.1. The molecule has 1 atom stereocenters. The summed E-state index contributed by atoms with van der Waals surface area (Å²) in [6, 6.07) is 2.80. The number of phenols is 1. The van der Waals surface area contributed by atoms with Gasteiger partial charge in [-0.3, -0.25) is 4.79 Å². The molecule has 0 unspecified atom stereocenters. The second-order valence-corrected chi connectivity index (χ2v) is 3.11. The number of phenolic OH excluding ortho intramolecular Hbond substituents is 1. The summed E-state index contributed by atoms with van der Waals surface area (Å²) in [5, 5.41) is 8.96. The smallest absolute Gasteiger partial charge is 0.322 e. The van der Waals surface area contributed by atoms with Crippen molar-refractivity contribution in [2.45, 2.75) is 12.5 Å². The fourth-order valence-electron chi connectivity index (χ4n) is 1.17. The number of halogens is 2. The molecular weight excluding hydrogens is 237 g/mol. The maximum absolute atomic E-state index is 13.2. The molecule has 0 aliphatic rings. The molecule has 0 spiro atoms. The largest absolute Gasteiger partial charge is 0.508 e. The number of ether oxygens (including phenoxy) is 1. The second-order valence-electron chi connectivity index (χ2n) is 3.11. The monoisotopic (exact) mass is 249 g/mol. The van der Waals surface area contributed by atoms with Crippen LogP contribution in [0.15, 0.2) is 18.2 Å². The van der Waals surface area contributed by atoms with Gasteiger partial charge < -0.3 is 15.6 Å². The molecule has 0 radical (unpaired) electrons. The van der Waals surface area contributed by atoms with Crippen molar-refractivity contribution in [1.82, 2.24) is 0 Å². The lowest BCUT2D eigenvalue weighted by molar-refractivity contribution is -0.142. The average Bonchev–Trinajstić information content (AvgIpc) is 2.20. The third-order valence-electron chi connectivity index (χ3n) is 1.98. The zero-order chi connectivity index (χ0) is 11.4. The Bertz CT molecular complexity index is 373. The van der Waals surface area contributed by atoms with Crippen molar-refractivity contribution in [1.29, 1.82) is 0 Å². The fourth-order valence-corrected chi connectivity index (χ4v) is 1.17. The number of nitrogens with two attached hydrogens (primary N) is 1. The summed E-state index contributed by atoms with van der Waals surface area (Å²) in [5.41, 5.74) is 5.73. The van der Waals surface area contributed by atoms with Crippen LogP contribution in [0.2, 0.25) is 0 Å². The number of esters is 1. The van der Waals surface area contributed by atoms with Crippen LogP contribution in [0.5, 0.6) is 5.75 Å². The van der Waals surface area contributed by atoms with Crippen LogP contribution < -0.4 is 5.73 Å². The Morgan fingerprint density at radius 1 is 1.62 bits per heavy atom. The first-order valence-electron chi connectivity index (χ1n) is 4.35. The molecule has 0 amide bonds. The normalized spacial score (nSPS) is 11.4. The number of hydrogen-bond acceptors (Lipinski definition) is 4. The van der Waals surface area contributed by atoms with Crippen molar-refractivity contribution >= 4 is 18.4 Å². The first-order valence-corrected chi connectivity index (χ1v) is 4.35. The van der Waals surface area contributed by atoms with E-state index in [1.165, 1.54) is 19.2 Å². The molecule has 1 rings (SSSR count). The Morgan fingerprint density at radius 3 is 2.75 bits per heavy atom. The predicted molar refractivity (Wildman–Crippen MR) is 59.0 cm³/mol. The molecular formula is C10H13ClFNO3. The van der Waals surface area contributed by atoms with E-state index >= 15 is 0 Å². The molecule has 0 bridgehead atoms. The SMILES string of the molecule is COC(=O)[C@H](N)Cc1ccc(O)cc1F.Cl. The van der Waals surface area contributed by atoms with Crippen LogP contribution in [0, 0.1) is 5.82 Å². The van der Waals surface area contributed by atoms with Crippen molar-refractivity contribution in [3.8, 4) is 5.75 Å². The molecule has 0 saturated carbocycles. The van der Waals surface area contributed by atoms with Gasteiger partial charge in [-0.15, -0.1) is 12.4 Å². The predicted octanol–water partition coefficient (Wildman–Crippen LogP) is 0.996. The molecule has 6 heteroatoms. The molecule has 0 aliphatic heterocycles. The first kappa shape index (κ1) is 14.7. The Kier molecular flexibility index (Phi) is 5.77. The van der Waals surface area contributed by atoms with E-state index in [1.54, 1.807) is 0 Å². The second kappa shape index (κ2) is 6.30. The molecule has 0 fully saturated rings. The van der Waals surface area contributed by atoms with Crippen LogP contribution in [0.25, 0.3) is 0 Å². The van der Waals surface area contributed by atoms with E-state index < -0.39 is 17.8 Å². The van der Waals surface area contributed by atoms with Gasteiger partial charge >= 0.3 is 5.97 Å². The van der Waals surface area contributed by atoms with Crippen molar-refractivity contribution in [3.63, 3.8) is 0 Å². The van der Waals surface area contributed by atoms with Gasteiger partial charge in [-0.25, -0.2) is 4.39 Å². The maximum atomic E-state index is 13.2. The van der Waals surface area contributed by atoms with Crippen molar-refractivity contribution in [2.75, 3.05) is 7.11 Å². The number of hydrogen-bond donors (Lipinski definition) is 2. The molecule has 4 nitrogen and oxygen atoms in total. The van der Waals surface area contributed by atoms with Gasteiger partial charge in [-0.05, 0) is 11.6 Å². The lowest BCUT2D eigenvalue weighted by Gasteiger charge is -2.09. The zero-order valence-electron chi connectivity index (χ0n) is 8.64. The Labute approximate surface area is 98.6 Å². The van der Waals surface area contributed by atoms with Crippen LogP contribution in [0.4, 0.5) is 4.39 Å². The first-order chi connectivity index (χ1) is 7.04. The summed E-state index contributed by atoms with van der Waals surface area (Å²) >= 11 is 0. The Hall–Kier alpha value is -1.33. The minimum atomic E-state index is -0.894. The molecule has 0 heterocycles.